The molecule has 0 unspecified atom stereocenters. The average molecular weight is 386 g/mol. The van der Waals surface area contributed by atoms with Gasteiger partial charge in [-0.05, 0) is 31.5 Å². The molecule has 0 bridgehead atoms. The molecule has 1 aliphatic heterocycles. The van der Waals surface area contributed by atoms with E-state index in [2.05, 4.69) is 14.2 Å². The summed E-state index contributed by atoms with van der Waals surface area (Å²) in [6.07, 6.45) is -4.92. The summed E-state index contributed by atoms with van der Waals surface area (Å²) in [7, 11) is 0. The molecule has 0 aliphatic carbocycles. The highest BCUT2D eigenvalue weighted by molar-refractivity contribution is 5.89. The summed E-state index contributed by atoms with van der Waals surface area (Å²) in [5.41, 5.74) is 1.68. The second-order valence-electron chi connectivity index (χ2n) is 5.89. The van der Waals surface area contributed by atoms with Gasteiger partial charge in [-0.3, -0.25) is 0 Å². The van der Waals surface area contributed by atoms with Gasteiger partial charge in [-0.2, -0.15) is 0 Å². The largest absolute Gasteiger partial charge is 0.526 e. The van der Waals surface area contributed by atoms with Crippen molar-refractivity contribution in [1.29, 1.82) is 0 Å². The Balaban J connectivity index is 1.81. The fourth-order valence-electron chi connectivity index (χ4n) is 2.59. The molecule has 28 heavy (non-hydrogen) atoms. The first-order valence-electron chi connectivity index (χ1n) is 8.57. The zero-order valence-corrected chi connectivity index (χ0v) is 15.2. The van der Waals surface area contributed by atoms with E-state index in [1.165, 1.54) is 6.92 Å². The smallest absolute Gasteiger partial charge is 0.477 e. The number of carbonyl (C=O) groups is 3. The van der Waals surface area contributed by atoms with Crippen LogP contribution >= 0.6 is 0 Å². The predicted molar refractivity (Wildman–Crippen MR) is 95.0 cm³/mol. The van der Waals surface area contributed by atoms with Crippen LogP contribution in [0.25, 0.3) is 0 Å². The third-order valence-corrected chi connectivity index (χ3v) is 3.88. The van der Waals surface area contributed by atoms with Gasteiger partial charge in [-0.25, -0.2) is 14.4 Å². The lowest BCUT2D eigenvalue weighted by Gasteiger charge is -2.32. The summed E-state index contributed by atoms with van der Waals surface area (Å²) >= 11 is 0. The molecule has 0 aromatic heterocycles. The molecule has 146 valence electrons. The maximum Gasteiger partial charge on any atom is 0.526 e. The second kappa shape index (κ2) is 8.43. The van der Waals surface area contributed by atoms with Crippen molar-refractivity contribution < 1.29 is 38.1 Å². The first-order chi connectivity index (χ1) is 13.5. The molecular weight excluding hydrogens is 368 g/mol. The third kappa shape index (κ3) is 4.40. The van der Waals surface area contributed by atoms with Crippen LogP contribution in [0.15, 0.2) is 48.5 Å². The highest BCUT2D eigenvalue weighted by Gasteiger charge is 2.40. The lowest BCUT2D eigenvalue weighted by Crippen LogP contribution is -2.41. The molecule has 2 aromatic carbocycles. The van der Waals surface area contributed by atoms with Gasteiger partial charge in [-0.15, -0.1) is 0 Å². The SMILES string of the molecule is CCOC(=O)OC(=O)OC(=O)[C@H]1Oc2ccccc2O[C@@H]1c1ccc(C)cc1. The van der Waals surface area contributed by atoms with Gasteiger partial charge in [0.15, 0.2) is 17.6 Å². The topological polar surface area (TPSA) is 97.4 Å². The van der Waals surface area contributed by atoms with E-state index in [0.717, 1.165) is 5.56 Å². The highest BCUT2D eigenvalue weighted by atomic mass is 16.8. The van der Waals surface area contributed by atoms with Crippen molar-refractivity contribution in [2.45, 2.75) is 26.1 Å². The van der Waals surface area contributed by atoms with Crippen LogP contribution in [0, 0.1) is 6.92 Å². The summed E-state index contributed by atoms with van der Waals surface area (Å²) in [5, 5.41) is 0. The number of ether oxygens (including phenoxy) is 5. The van der Waals surface area contributed by atoms with E-state index in [0.29, 0.717) is 17.1 Å². The number of rotatable bonds is 3. The molecule has 0 saturated heterocycles. The summed E-state index contributed by atoms with van der Waals surface area (Å²) in [6.45, 7) is 3.47. The summed E-state index contributed by atoms with van der Waals surface area (Å²) in [4.78, 5) is 35.4. The minimum Gasteiger partial charge on any atom is -0.477 e. The first-order valence-corrected chi connectivity index (χ1v) is 8.57. The molecule has 8 nitrogen and oxygen atoms in total. The standard InChI is InChI=1S/C20H18O8/c1-3-24-19(22)28-20(23)27-18(21)17-16(13-10-8-12(2)9-11-13)25-14-6-4-5-7-15(14)26-17/h4-11,16-17H,3H2,1-2H3/t16-,17+/m1/s1. The number of benzene rings is 2. The predicted octanol–water partition coefficient (Wildman–Crippen LogP) is 3.71. The molecule has 1 heterocycles. The molecule has 2 aromatic rings. The molecule has 0 radical (unpaired) electrons. The van der Waals surface area contributed by atoms with Gasteiger partial charge in [0, 0.05) is 0 Å². The van der Waals surface area contributed by atoms with Gasteiger partial charge in [0.25, 0.3) is 0 Å². The Morgan fingerprint density at radius 2 is 1.54 bits per heavy atom. The summed E-state index contributed by atoms with van der Waals surface area (Å²) < 4.78 is 24.9. The number of hydrogen-bond donors (Lipinski definition) is 0. The van der Waals surface area contributed by atoms with Crippen LogP contribution in [0.1, 0.15) is 24.2 Å². The number of fused-ring (bicyclic) bond motifs is 1. The van der Waals surface area contributed by atoms with Gasteiger partial charge < -0.3 is 23.7 Å². The number of hydrogen-bond acceptors (Lipinski definition) is 8. The van der Waals surface area contributed by atoms with Crippen molar-refractivity contribution in [3.05, 3.63) is 59.7 Å². The lowest BCUT2D eigenvalue weighted by molar-refractivity contribution is -0.154. The Hall–Kier alpha value is -3.55. The van der Waals surface area contributed by atoms with Gasteiger partial charge in [0.05, 0.1) is 6.61 Å². The third-order valence-electron chi connectivity index (χ3n) is 3.88. The quantitative estimate of drug-likeness (QED) is 0.582. The molecule has 8 heteroatoms. The van der Waals surface area contributed by atoms with Crippen molar-refractivity contribution in [3.63, 3.8) is 0 Å². The Morgan fingerprint density at radius 3 is 2.18 bits per heavy atom. The molecule has 2 atom stereocenters. The van der Waals surface area contributed by atoms with E-state index < -0.39 is 30.5 Å². The van der Waals surface area contributed by atoms with Crippen LogP contribution in [0.5, 0.6) is 11.5 Å². The van der Waals surface area contributed by atoms with E-state index in [1.54, 1.807) is 36.4 Å². The molecule has 0 fully saturated rings. The van der Waals surface area contributed by atoms with Crippen molar-refractivity contribution in [2.75, 3.05) is 6.61 Å². The average Bonchev–Trinajstić information content (AvgIpc) is 2.67. The van der Waals surface area contributed by atoms with Crippen LogP contribution in [-0.2, 0) is 19.0 Å². The summed E-state index contributed by atoms with van der Waals surface area (Å²) in [6, 6.07) is 14.1. The maximum atomic E-state index is 12.5. The van der Waals surface area contributed by atoms with Gasteiger partial charge >= 0.3 is 18.3 Å². The van der Waals surface area contributed by atoms with Gasteiger partial charge in [-0.1, -0.05) is 42.0 Å². The Morgan fingerprint density at radius 1 is 0.893 bits per heavy atom. The van der Waals surface area contributed by atoms with E-state index >= 15 is 0 Å². The van der Waals surface area contributed by atoms with Crippen LogP contribution in [0.2, 0.25) is 0 Å². The summed E-state index contributed by atoms with van der Waals surface area (Å²) in [5.74, 6) is -0.285. The van der Waals surface area contributed by atoms with Crippen LogP contribution < -0.4 is 9.47 Å². The number of para-hydroxylation sites is 2. The fourth-order valence-corrected chi connectivity index (χ4v) is 2.59. The molecule has 3 rings (SSSR count). The van der Waals surface area contributed by atoms with E-state index in [-0.39, 0.29) is 6.61 Å². The first kappa shape index (κ1) is 19.2. The Labute approximate surface area is 160 Å². The second-order valence-corrected chi connectivity index (χ2v) is 5.89. The van der Waals surface area contributed by atoms with Gasteiger partial charge in [0.2, 0.25) is 6.10 Å². The van der Waals surface area contributed by atoms with Gasteiger partial charge in [0.1, 0.15) is 0 Å². The van der Waals surface area contributed by atoms with Crippen LogP contribution in [-0.4, -0.2) is 31.0 Å². The zero-order valence-electron chi connectivity index (χ0n) is 15.2. The molecule has 0 N–H and O–H groups in total. The van der Waals surface area contributed by atoms with Crippen molar-refractivity contribution in [1.82, 2.24) is 0 Å². The van der Waals surface area contributed by atoms with E-state index in [9.17, 15) is 14.4 Å². The van der Waals surface area contributed by atoms with Crippen LogP contribution in [0.3, 0.4) is 0 Å². The molecule has 1 aliphatic rings. The Bertz CT molecular complexity index is 874. The van der Waals surface area contributed by atoms with E-state index in [4.69, 9.17) is 9.47 Å². The Kier molecular flexibility index (Phi) is 5.78. The van der Waals surface area contributed by atoms with Crippen molar-refractivity contribution >= 4 is 18.3 Å². The number of esters is 1. The monoisotopic (exact) mass is 386 g/mol. The number of carbonyl (C=O) groups excluding carboxylic acids is 3. The van der Waals surface area contributed by atoms with Crippen molar-refractivity contribution in [3.8, 4) is 11.5 Å². The van der Waals surface area contributed by atoms with E-state index in [1.807, 2.05) is 19.1 Å². The normalized spacial score (nSPS) is 17.4. The van der Waals surface area contributed by atoms with Crippen molar-refractivity contribution in [2.24, 2.45) is 0 Å². The lowest BCUT2D eigenvalue weighted by atomic mass is 10.0. The minimum atomic E-state index is -1.51. The molecule has 0 amide bonds. The molecule has 0 spiro atoms. The zero-order chi connectivity index (χ0) is 20.1. The minimum absolute atomic E-state index is 0.00587. The molecular formula is C20H18O8. The fraction of sp³-hybridized carbons (Fsp3) is 0.250. The highest BCUT2D eigenvalue weighted by Crippen LogP contribution is 2.39. The molecule has 0 saturated carbocycles. The van der Waals surface area contributed by atoms with Crippen LogP contribution in [0.4, 0.5) is 9.59 Å². The number of aryl methyl sites for hydroxylation is 1. The maximum absolute atomic E-state index is 12.5.